The number of rotatable bonds is 8. The third kappa shape index (κ3) is 6.71. The molecule has 7 nitrogen and oxygen atoms in total. The van der Waals surface area contributed by atoms with E-state index in [-0.39, 0.29) is 12.6 Å². The maximum absolute atomic E-state index is 10.8. The molecule has 0 aliphatic carbocycles. The van der Waals surface area contributed by atoms with Crippen LogP contribution >= 0.6 is 11.6 Å². The van der Waals surface area contributed by atoms with Gasteiger partial charge in [-0.05, 0) is 50.6 Å². The van der Waals surface area contributed by atoms with E-state index in [1.807, 2.05) is 32.0 Å². The second-order valence-electron chi connectivity index (χ2n) is 7.98. The van der Waals surface area contributed by atoms with Crippen LogP contribution in [-0.2, 0) is 10.3 Å². The molecule has 1 fully saturated rings. The van der Waals surface area contributed by atoms with E-state index in [0.29, 0.717) is 18.3 Å². The molecule has 0 radical (unpaired) electrons. The van der Waals surface area contributed by atoms with E-state index in [4.69, 9.17) is 20.8 Å². The fourth-order valence-corrected chi connectivity index (χ4v) is 3.73. The maximum Gasteiger partial charge on any atom is 0.191 e. The highest BCUT2D eigenvalue weighted by molar-refractivity contribution is 6.30. The van der Waals surface area contributed by atoms with Gasteiger partial charge in [0.15, 0.2) is 5.96 Å². The summed E-state index contributed by atoms with van der Waals surface area (Å²) in [7, 11) is 0. The third-order valence-electron chi connectivity index (χ3n) is 5.36. The Kier molecular flexibility index (Phi) is 8.37. The summed E-state index contributed by atoms with van der Waals surface area (Å²) in [6.07, 6.45) is 0. The van der Waals surface area contributed by atoms with Crippen molar-refractivity contribution in [2.24, 2.45) is 4.99 Å². The Morgan fingerprint density at radius 1 is 1.19 bits per heavy atom. The second-order valence-corrected chi connectivity index (χ2v) is 8.41. The predicted octanol–water partition coefficient (Wildman–Crippen LogP) is 3.08. The number of hydrogen-bond acceptors (Lipinski definition) is 5. The number of halogens is 1. The molecule has 1 aliphatic heterocycles. The molecule has 170 valence electrons. The maximum atomic E-state index is 10.8. The number of guanidine groups is 1. The number of nitrogens with one attached hydrogen (secondary N) is 2. The van der Waals surface area contributed by atoms with E-state index in [0.717, 1.165) is 43.6 Å². The molecule has 3 rings (SSSR count). The minimum Gasteiger partial charge on any atom is -0.463 e. The van der Waals surface area contributed by atoms with Gasteiger partial charge in [-0.15, -0.1) is 0 Å². The summed E-state index contributed by atoms with van der Waals surface area (Å²) in [6.45, 7) is 10.3. The van der Waals surface area contributed by atoms with Crippen molar-refractivity contribution in [2.45, 2.75) is 32.4 Å². The van der Waals surface area contributed by atoms with Gasteiger partial charge in [0.05, 0.1) is 25.8 Å². The van der Waals surface area contributed by atoms with E-state index in [9.17, 15) is 5.11 Å². The first-order valence-electron chi connectivity index (χ1n) is 10.8. The second kappa shape index (κ2) is 11.0. The molecular weight excluding hydrogens is 416 g/mol. The summed E-state index contributed by atoms with van der Waals surface area (Å²) in [4.78, 5) is 7.02. The molecule has 1 aliphatic rings. The summed E-state index contributed by atoms with van der Waals surface area (Å²) in [5, 5.41) is 18.2. The van der Waals surface area contributed by atoms with E-state index in [1.165, 1.54) is 5.56 Å². The molecule has 2 aromatic rings. The van der Waals surface area contributed by atoms with Crippen molar-refractivity contribution in [1.29, 1.82) is 0 Å². The van der Waals surface area contributed by atoms with Crippen LogP contribution in [0, 0.1) is 6.92 Å². The van der Waals surface area contributed by atoms with Crippen LogP contribution in [0.5, 0.6) is 0 Å². The summed E-state index contributed by atoms with van der Waals surface area (Å²) in [5.41, 5.74) is 0.00356. The molecule has 2 heterocycles. The van der Waals surface area contributed by atoms with E-state index < -0.39 is 5.60 Å². The molecule has 1 saturated heterocycles. The Balaban J connectivity index is 1.71. The van der Waals surface area contributed by atoms with Crippen molar-refractivity contribution in [3.63, 3.8) is 0 Å². The van der Waals surface area contributed by atoms with Crippen molar-refractivity contribution in [2.75, 3.05) is 45.9 Å². The Labute approximate surface area is 189 Å². The van der Waals surface area contributed by atoms with Crippen molar-refractivity contribution in [3.8, 4) is 0 Å². The summed E-state index contributed by atoms with van der Waals surface area (Å²) in [5.74, 6) is 1.93. The predicted molar refractivity (Wildman–Crippen MR) is 124 cm³/mol. The van der Waals surface area contributed by atoms with E-state index >= 15 is 0 Å². The van der Waals surface area contributed by atoms with Crippen molar-refractivity contribution < 1.29 is 14.3 Å². The highest BCUT2D eigenvalue weighted by atomic mass is 35.5. The van der Waals surface area contributed by atoms with Gasteiger partial charge in [0.25, 0.3) is 0 Å². The monoisotopic (exact) mass is 448 g/mol. The SMILES string of the molecule is CCNC(=NCC(C)(O)c1ccc(C)o1)NCC(c1ccc(Cl)cc1)N1CCOCC1. The number of aliphatic imine (C=N–C) groups is 1. The number of ether oxygens (including phenoxy) is 1. The molecule has 2 atom stereocenters. The average molecular weight is 449 g/mol. The summed E-state index contributed by atoms with van der Waals surface area (Å²) in [6, 6.07) is 11.8. The summed E-state index contributed by atoms with van der Waals surface area (Å²) >= 11 is 6.10. The van der Waals surface area contributed by atoms with Crippen LogP contribution < -0.4 is 10.6 Å². The molecule has 1 aromatic carbocycles. The lowest BCUT2D eigenvalue weighted by Gasteiger charge is -2.35. The molecule has 2 unspecified atom stereocenters. The molecular formula is C23H33ClN4O3. The quantitative estimate of drug-likeness (QED) is 0.425. The van der Waals surface area contributed by atoms with Crippen LogP contribution in [0.15, 0.2) is 45.8 Å². The van der Waals surface area contributed by atoms with Gasteiger partial charge in [-0.25, -0.2) is 4.99 Å². The smallest absolute Gasteiger partial charge is 0.191 e. The highest BCUT2D eigenvalue weighted by Gasteiger charge is 2.27. The molecule has 0 amide bonds. The van der Waals surface area contributed by atoms with Gasteiger partial charge >= 0.3 is 0 Å². The molecule has 3 N–H and O–H groups in total. The van der Waals surface area contributed by atoms with E-state index in [2.05, 4.69) is 32.7 Å². The molecule has 0 saturated carbocycles. The van der Waals surface area contributed by atoms with Gasteiger partial charge < -0.3 is 24.9 Å². The van der Waals surface area contributed by atoms with Crippen molar-refractivity contribution in [1.82, 2.24) is 15.5 Å². The van der Waals surface area contributed by atoms with Crippen LogP contribution in [0.25, 0.3) is 0 Å². The molecule has 1 aromatic heterocycles. The Morgan fingerprint density at radius 2 is 1.90 bits per heavy atom. The molecule has 0 bridgehead atoms. The first kappa shape index (κ1) is 23.6. The number of morpholine rings is 1. The standard InChI is InChI=1S/C23H33ClN4O3/c1-4-25-22(27-16-23(3,29)21-10-5-17(2)31-21)26-15-20(28-11-13-30-14-12-28)18-6-8-19(24)9-7-18/h5-10,20,29H,4,11-16H2,1-3H3,(H2,25,26,27). The Hall–Kier alpha value is -2.06. The topological polar surface area (TPSA) is 82.3 Å². The number of benzene rings is 1. The lowest BCUT2D eigenvalue weighted by molar-refractivity contribution is 0.0169. The first-order valence-corrected chi connectivity index (χ1v) is 11.2. The van der Waals surface area contributed by atoms with Crippen LogP contribution in [0.2, 0.25) is 5.02 Å². The zero-order valence-electron chi connectivity index (χ0n) is 18.5. The van der Waals surface area contributed by atoms with Gasteiger partial charge in [-0.1, -0.05) is 23.7 Å². The highest BCUT2D eigenvalue weighted by Crippen LogP contribution is 2.24. The minimum atomic E-state index is -1.18. The van der Waals surface area contributed by atoms with Crippen LogP contribution in [0.4, 0.5) is 0 Å². The fraction of sp³-hybridized carbons (Fsp3) is 0.522. The lowest BCUT2D eigenvalue weighted by Crippen LogP contribution is -2.46. The number of furan rings is 1. The molecule has 31 heavy (non-hydrogen) atoms. The van der Waals surface area contributed by atoms with Crippen LogP contribution in [-0.4, -0.2) is 61.9 Å². The number of aryl methyl sites for hydroxylation is 1. The van der Waals surface area contributed by atoms with Gasteiger partial charge in [0.2, 0.25) is 0 Å². The van der Waals surface area contributed by atoms with Crippen LogP contribution in [0.1, 0.15) is 37.0 Å². The molecule has 8 heteroatoms. The minimum absolute atomic E-state index is 0.151. The zero-order chi connectivity index (χ0) is 22.3. The van der Waals surface area contributed by atoms with E-state index in [1.54, 1.807) is 13.0 Å². The average Bonchev–Trinajstić information content (AvgIpc) is 3.21. The van der Waals surface area contributed by atoms with Gasteiger partial charge in [0, 0.05) is 31.2 Å². The van der Waals surface area contributed by atoms with Crippen molar-refractivity contribution >= 4 is 17.6 Å². The number of nitrogens with zero attached hydrogens (tertiary/aromatic N) is 2. The lowest BCUT2D eigenvalue weighted by atomic mass is 10.0. The fourth-order valence-electron chi connectivity index (χ4n) is 3.60. The first-order chi connectivity index (χ1) is 14.9. The Morgan fingerprint density at radius 3 is 2.52 bits per heavy atom. The normalized spacial score (nSPS) is 18.4. The summed E-state index contributed by atoms with van der Waals surface area (Å²) < 4.78 is 11.1. The zero-order valence-corrected chi connectivity index (χ0v) is 19.3. The van der Waals surface area contributed by atoms with Crippen molar-refractivity contribution in [3.05, 3.63) is 58.5 Å². The largest absolute Gasteiger partial charge is 0.463 e. The third-order valence-corrected chi connectivity index (χ3v) is 5.62. The Bertz CT molecular complexity index is 845. The van der Waals surface area contributed by atoms with Gasteiger partial charge in [0.1, 0.15) is 17.1 Å². The molecule has 0 spiro atoms. The van der Waals surface area contributed by atoms with Gasteiger partial charge in [-0.2, -0.15) is 0 Å². The number of aliphatic hydroxyl groups is 1. The number of hydrogen-bond donors (Lipinski definition) is 3. The van der Waals surface area contributed by atoms with Gasteiger partial charge in [-0.3, -0.25) is 4.90 Å². The van der Waals surface area contributed by atoms with Crippen LogP contribution in [0.3, 0.4) is 0 Å².